The van der Waals surface area contributed by atoms with Gasteiger partial charge in [0.05, 0.1) is 11.3 Å². The molecule has 0 bridgehead atoms. The van der Waals surface area contributed by atoms with Gasteiger partial charge in [-0.25, -0.2) is 0 Å². The maximum absolute atomic E-state index is 12.9. The van der Waals surface area contributed by atoms with Gasteiger partial charge in [-0.05, 0) is 47.7 Å². The summed E-state index contributed by atoms with van der Waals surface area (Å²) in [6, 6.07) is 14.2. The van der Waals surface area contributed by atoms with Gasteiger partial charge < -0.3 is 5.32 Å². The van der Waals surface area contributed by atoms with Gasteiger partial charge in [0, 0.05) is 12.2 Å². The first-order valence-electron chi connectivity index (χ1n) is 9.66. The molecule has 3 rings (SSSR count). The summed E-state index contributed by atoms with van der Waals surface area (Å²) in [5.41, 5.74) is 2.29. The Morgan fingerprint density at radius 3 is 2.23 bits per heavy atom. The van der Waals surface area contributed by atoms with E-state index in [4.69, 9.17) is 0 Å². The molecule has 0 saturated carbocycles. The number of anilines is 1. The summed E-state index contributed by atoms with van der Waals surface area (Å²) in [4.78, 5) is 12.6. The molecule has 0 unspecified atom stereocenters. The van der Waals surface area contributed by atoms with Gasteiger partial charge in [0.2, 0.25) is 0 Å². The first kappa shape index (κ1) is 21.6. The molecule has 1 heterocycles. The molecule has 158 valence electrons. The fourth-order valence-electron chi connectivity index (χ4n) is 3.11. The van der Waals surface area contributed by atoms with E-state index >= 15 is 0 Å². The molecule has 0 saturated heterocycles. The Bertz CT molecular complexity index is 1040. The molecule has 0 spiro atoms. The molecule has 1 aromatic heterocycles. The lowest BCUT2D eigenvalue weighted by Gasteiger charge is -2.19. The van der Waals surface area contributed by atoms with E-state index in [1.807, 2.05) is 31.2 Å². The Kier molecular flexibility index (Phi) is 5.74. The van der Waals surface area contributed by atoms with Gasteiger partial charge >= 0.3 is 6.18 Å². The number of carbonyl (C=O) groups is 1. The molecule has 0 aliphatic carbocycles. The maximum atomic E-state index is 12.9. The Labute approximate surface area is 173 Å². The smallest absolute Gasteiger partial charge is 0.321 e. The second-order valence-corrected chi connectivity index (χ2v) is 8.09. The third kappa shape index (κ3) is 4.72. The minimum absolute atomic E-state index is 0.0273. The minimum Gasteiger partial charge on any atom is -0.321 e. The van der Waals surface area contributed by atoms with Crippen LogP contribution in [-0.2, 0) is 18.1 Å². The number of hydrogen-bond acceptors (Lipinski definition) is 2. The van der Waals surface area contributed by atoms with Crippen LogP contribution < -0.4 is 5.32 Å². The number of aromatic nitrogens is 2. The summed E-state index contributed by atoms with van der Waals surface area (Å²) < 4.78 is 40.4. The van der Waals surface area contributed by atoms with E-state index in [2.05, 4.69) is 31.2 Å². The minimum atomic E-state index is -4.48. The summed E-state index contributed by atoms with van der Waals surface area (Å²) in [5.74, 6) is -0.561. The lowest BCUT2D eigenvalue weighted by Crippen LogP contribution is -2.14. The van der Waals surface area contributed by atoms with E-state index in [-0.39, 0.29) is 16.8 Å². The largest absolute Gasteiger partial charge is 0.416 e. The van der Waals surface area contributed by atoms with Gasteiger partial charge in [-0.15, -0.1) is 0 Å². The second-order valence-electron chi connectivity index (χ2n) is 8.09. The highest BCUT2D eigenvalue weighted by atomic mass is 19.4. The molecule has 0 aliphatic heterocycles. The standard InChI is InChI=1S/C23H24F3N3O/c1-5-29-20(15-9-11-16(12-10-15)22(2,3)4)14-19(28-29)21(30)27-18-8-6-7-17(13-18)23(24,25)26/h6-14H,5H2,1-4H3,(H,27,30). The first-order valence-corrected chi connectivity index (χ1v) is 9.66. The van der Waals surface area contributed by atoms with Crippen molar-refractivity contribution in [1.82, 2.24) is 9.78 Å². The molecular weight excluding hydrogens is 391 g/mol. The lowest BCUT2D eigenvalue weighted by molar-refractivity contribution is -0.137. The average molecular weight is 415 g/mol. The van der Waals surface area contributed by atoms with Crippen molar-refractivity contribution in [3.8, 4) is 11.3 Å². The Hall–Kier alpha value is -3.09. The summed E-state index contributed by atoms with van der Waals surface area (Å²) in [7, 11) is 0. The number of alkyl halides is 3. The number of nitrogens with zero attached hydrogens (tertiary/aromatic N) is 2. The number of halogens is 3. The van der Waals surface area contributed by atoms with Crippen LogP contribution in [-0.4, -0.2) is 15.7 Å². The quantitative estimate of drug-likeness (QED) is 0.556. The molecule has 3 aromatic rings. The van der Waals surface area contributed by atoms with E-state index in [0.29, 0.717) is 6.54 Å². The summed E-state index contributed by atoms with van der Waals surface area (Å²) in [6.07, 6.45) is -4.48. The number of aryl methyl sites for hydroxylation is 1. The third-order valence-corrected chi connectivity index (χ3v) is 4.81. The summed E-state index contributed by atoms with van der Waals surface area (Å²) in [5, 5.41) is 6.83. The number of amides is 1. The number of carbonyl (C=O) groups excluding carboxylic acids is 1. The Morgan fingerprint density at radius 1 is 1.00 bits per heavy atom. The monoisotopic (exact) mass is 415 g/mol. The SMILES string of the molecule is CCn1nc(C(=O)Nc2cccc(C(F)(F)F)c2)cc1-c1ccc(C(C)(C)C)cc1. The van der Waals surface area contributed by atoms with Crippen LogP contribution in [0.4, 0.5) is 18.9 Å². The van der Waals surface area contributed by atoms with Crippen molar-refractivity contribution >= 4 is 11.6 Å². The highest BCUT2D eigenvalue weighted by Gasteiger charge is 2.30. The highest BCUT2D eigenvalue weighted by Crippen LogP contribution is 2.31. The van der Waals surface area contributed by atoms with Crippen LogP contribution in [0.5, 0.6) is 0 Å². The van der Waals surface area contributed by atoms with E-state index in [9.17, 15) is 18.0 Å². The van der Waals surface area contributed by atoms with Gasteiger partial charge in [-0.1, -0.05) is 51.1 Å². The molecule has 0 atom stereocenters. The van der Waals surface area contributed by atoms with Crippen molar-refractivity contribution in [3.63, 3.8) is 0 Å². The van der Waals surface area contributed by atoms with Crippen LogP contribution in [0.2, 0.25) is 0 Å². The highest BCUT2D eigenvalue weighted by molar-refractivity contribution is 6.03. The van der Waals surface area contributed by atoms with E-state index in [1.165, 1.54) is 17.7 Å². The Morgan fingerprint density at radius 2 is 1.67 bits per heavy atom. The van der Waals surface area contributed by atoms with Crippen LogP contribution in [0.15, 0.2) is 54.6 Å². The maximum Gasteiger partial charge on any atom is 0.416 e. The van der Waals surface area contributed by atoms with Crippen molar-refractivity contribution in [2.45, 2.75) is 45.8 Å². The number of hydrogen-bond donors (Lipinski definition) is 1. The van der Waals surface area contributed by atoms with Gasteiger partial charge in [0.1, 0.15) is 0 Å². The third-order valence-electron chi connectivity index (χ3n) is 4.81. The molecule has 0 fully saturated rings. The van der Waals surface area contributed by atoms with Crippen LogP contribution in [0.3, 0.4) is 0 Å². The summed E-state index contributed by atoms with van der Waals surface area (Å²) >= 11 is 0. The van der Waals surface area contributed by atoms with E-state index in [1.54, 1.807) is 10.7 Å². The fourth-order valence-corrected chi connectivity index (χ4v) is 3.11. The van der Waals surface area contributed by atoms with E-state index < -0.39 is 17.6 Å². The molecule has 7 heteroatoms. The predicted molar refractivity (Wildman–Crippen MR) is 111 cm³/mol. The van der Waals surface area contributed by atoms with Crippen molar-refractivity contribution in [1.29, 1.82) is 0 Å². The topological polar surface area (TPSA) is 46.9 Å². The van der Waals surface area contributed by atoms with Gasteiger partial charge in [0.15, 0.2) is 5.69 Å². The molecule has 0 aliphatic rings. The van der Waals surface area contributed by atoms with Crippen LogP contribution in [0.25, 0.3) is 11.3 Å². The van der Waals surface area contributed by atoms with Crippen LogP contribution in [0, 0.1) is 0 Å². The van der Waals surface area contributed by atoms with Crippen molar-refractivity contribution in [2.24, 2.45) is 0 Å². The van der Waals surface area contributed by atoms with Crippen molar-refractivity contribution in [3.05, 3.63) is 71.4 Å². The number of nitrogens with one attached hydrogen (secondary N) is 1. The van der Waals surface area contributed by atoms with Crippen molar-refractivity contribution in [2.75, 3.05) is 5.32 Å². The molecule has 1 N–H and O–H groups in total. The van der Waals surface area contributed by atoms with E-state index in [0.717, 1.165) is 23.4 Å². The van der Waals surface area contributed by atoms with Gasteiger partial charge in [-0.3, -0.25) is 9.48 Å². The molecule has 1 amide bonds. The zero-order valence-corrected chi connectivity index (χ0v) is 17.3. The van der Waals surface area contributed by atoms with Crippen LogP contribution in [0.1, 0.15) is 49.3 Å². The number of rotatable bonds is 4. The van der Waals surface area contributed by atoms with Crippen molar-refractivity contribution < 1.29 is 18.0 Å². The zero-order valence-electron chi connectivity index (χ0n) is 17.3. The molecule has 0 radical (unpaired) electrons. The molecule has 30 heavy (non-hydrogen) atoms. The van der Waals surface area contributed by atoms with Gasteiger partial charge in [-0.2, -0.15) is 18.3 Å². The molecule has 4 nitrogen and oxygen atoms in total. The number of benzene rings is 2. The summed E-state index contributed by atoms with van der Waals surface area (Å²) in [6.45, 7) is 8.86. The Balaban J connectivity index is 1.86. The normalized spacial score (nSPS) is 12.1. The first-order chi connectivity index (χ1) is 14.0. The average Bonchev–Trinajstić information content (AvgIpc) is 3.11. The second kappa shape index (κ2) is 7.97. The lowest BCUT2D eigenvalue weighted by atomic mass is 9.86. The molecule has 2 aromatic carbocycles. The zero-order chi connectivity index (χ0) is 22.1. The molecular formula is C23H24F3N3O. The predicted octanol–water partition coefficient (Wildman–Crippen LogP) is 6.14. The van der Waals surface area contributed by atoms with Gasteiger partial charge in [0.25, 0.3) is 5.91 Å². The fraction of sp³-hybridized carbons (Fsp3) is 0.304. The van der Waals surface area contributed by atoms with Crippen LogP contribution >= 0.6 is 0 Å².